The maximum Gasteiger partial charge on any atom is 0.229 e. The Kier molecular flexibility index (Phi) is 3.26. The summed E-state index contributed by atoms with van der Waals surface area (Å²) in [6, 6.07) is 5.78. The molecule has 2 fully saturated rings. The van der Waals surface area contributed by atoms with E-state index in [2.05, 4.69) is 20.0 Å². The number of anilines is 1. The predicted molar refractivity (Wildman–Crippen MR) is 79.4 cm³/mol. The largest absolute Gasteiger partial charge is 0.370 e. The van der Waals surface area contributed by atoms with Gasteiger partial charge in [0.2, 0.25) is 5.89 Å². The fourth-order valence-corrected chi connectivity index (χ4v) is 2.94. The minimum atomic E-state index is 0.388. The Morgan fingerprint density at radius 2 is 1.95 bits per heavy atom. The van der Waals surface area contributed by atoms with Gasteiger partial charge in [-0.2, -0.15) is 10.2 Å². The number of nitriles is 1. The molecule has 112 valence electrons. The zero-order chi connectivity index (χ0) is 14.9. The van der Waals surface area contributed by atoms with Crippen LogP contribution in [0, 0.1) is 11.3 Å². The number of piperidine rings is 1. The van der Waals surface area contributed by atoms with Crippen LogP contribution in [0.2, 0.25) is 0 Å². The van der Waals surface area contributed by atoms with E-state index in [1.807, 2.05) is 12.1 Å². The zero-order valence-corrected chi connectivity index (χ0v) is 12.3. The first-order valence-electron chi connectivity index (χ1n) is 7.78. The smallest absolute Gasteiger partial charge is 0.229 e. The van der Waals surface area contributed by atoms with E-state index in [1.165, 1.54) is 12.8 Å². The fourth-order valence-electron chi connectivity index (χ4n) is 2.94. The molecule has 2 aromatic rings. The first-order chi connectivity index (χ1) is 10.8. The van der Waals surface area contributed by atoms with Crippen molar-refractivity contribution in [3.63, 3.8) is 0 Å². The highest BCUT2D eigenvalue weighted by atomic mass is 16.5. The van der Waals surface area contributed by atoms with E-state index in [9.17, 15) is 0 Å². The van der Waals surface area contributed by atoms with Crippen LogP contribution in [-0.4, -0.2) is 28.2 Å². The van der Waals surface area contributed by atoms with Crippen LogP contribution in [0.5, 0.6) is 0 Å². The molecule has 6 nitrogen and oxygen atoms in total. The second-order valence-electron chi connectivity index (χ2n) is 6.04. The van der Waals surface area contributed by atoms with Crippen molar-refractivity contribution < 1.29 is 4.52 Å². The molecule has 1 saturated heterocycles. The van der Waals surface area contributed by atoms with E-state index in [0.717, 1.165) is 43.3 Å². The van der Waals surface area contributed by atoms with Gasteiger partial charge in [-0.05, 0) is 37.8 Å². The van der Waals surface area contributed by atoms with Crippen LogP contribution < -0.4 is 4.90 Å². The molecule has 1 saturated carbocycles. The van der Waals surface area contributed by atoms with Gasteiger partial charge in [-0.3, -0.25) is 0 Å². The van der Waals surface area contributed by atoms with Crippen LogP contribution in [0.4, 0.5) is 5.69 Å². The summed E-state index contributed by atoms with van der Waals surface area (Å²) in [5.41, 5.74) is 1.53. The minimum Gasteiger partial charge on any atom is -0.370 e. The first-order valence-corrected chi connectivity index (χ1v) is 7.78. The molecule has 0 atom stereocenters. The molecule has 2 aromatic heterocycles. The van der Waals surface area contributed by atoms with Gasteiger partial charge < -0.3 is 9.42 Å². The molecule has 0 amide bonds. The van der Waals surface area contributed by atoms with Crippen LogP contribution >= 0.6 is 0 Å². The Morgan fingerprint density at radius 3 is 2.59 bits per heavy atom. The van der Waals surface area contributed by atoms with Gasteiger partial charge in [0.15, 0.2) is 5.82 Å². The standard InChI is InChI=1S/C16H17N5O/c17-9-13-3-4-14(10-18-13)21-7-5-11(6-8-21)15-19-16(22-20-15)12-1-2-12/h3-4,10-12H,1-2,5-8H2. The van der Waals surface area contributed by atoms with Gasteiger partial charge in [0.1, 0.15) is 11.8 Å². The summed E-state index contributed by atoms with van der Waals surface area (Å²) in [5, 5.41) is 13.0. The fraction of sp³-hybridized carbons (Fsp3) is 0.500. The molecule has 0 unspecified atom stereocenters. The second-order valence-corrected chi connectivity index (χ2v) is 6.04. The molecule has 0 bridgehead atoms. The van der Waals surface area contributed by atoms with Crippen LogP contribution in [0.1, 0.15) is 54.9 Å². The van der Waals surface area contributed by atoms with Crippen molar-refractivity contribution >= 4 is 5.69 Å². The topological polar surface area (TPSA) is 78.8 Å². The molecule has 0 radical (unpaired) electrons. The Bertz CT molecular complexity index is 690. The molecule has 1 aliphatic heterocycles. The van der Waals surface area contributed by atoms with E-state index in [1.54, 1.807) is 12.3 Å². The average Bonchev–Trinajstić information content (AvgIpc) is 3.32. The van der Waals surface area contributed by atoms with Crippen LogP contribution in [0.3, 0.4) is 0 Å². The SMILES string of the molecule is N#Cc1ccc(N2CCC(c3noc(C4CC4)n3)CC2)cn1. The third-order valence-electron chi connectivity index (χ3n) is 4.47. The molecular formula is C16H17N5O. The van der Waals surface area contributed by atoms with E-state index >= 15 is 0 Å². The Labute approximate surface area is 128 Å². The monoisotopic (exact) mass is 295 g/mol. The van der Waals surface area contributed by atoms with E-state index in [0.29, 0.717) is 17.5 Å². The first kappa shape index (κ1) is 13.3. The van der Waals surface area contributed by atoms with Crippen molar-refractivity contribution in [3.05, 3.63) is 35.7 Å². The lowest BCUT2D eigenvalue weighted by Crippen LogP contribution is -2.33. The molecular weight excluding hydrogens is 278 g/mol. The highest BCUT2D eigenvalue weighted by Crippen LogP contribution is 2.40. The predicted octanol–water partition coefficient (Wildman–Crippen LogP) is 2.60. The van der Waals surface area contributed by atoms with E-state index in [4.69, 9.17) is 9.78 Å². The lowest BCUT2D eigenvalue weighted by Gasteiger charge is -2.32. The maximum absolute atomic E-state index is 8.80. The second kappa shape index (κ2) is 5.41. The average molecular weight is 295 g/mol. The number of hydrogen-bond donors (Lipinski definition) is 0. The van der Waals surface area contributed by atoms with Gasteiger partial charge in [0, 0.05) is 24.9 Å². The number of hydrogen-bond acceptors (Lipinski definition) is 6. The van der Waals surface area contributed by atoms with Crippen molar-refractivity contribution in [1.29, 1.82) is 5.26 Å². The summed E-state index contributed by atoms with van der Waals surface area (Å²) in [4.78, 5) is 11.0. The Hall–Kier alpha value is -2.42. The van der Waals surface area contributed by atoms with Crippen LogP contribution in [0.15, 0.2) is 22.9 Å². The molecule has 3 heterocycles. The maximum atomic E-state index is 8.80. The van der Waals surface area contributed by atoms with Crippen molar-refractivity contribution in [2.24, 2.45) is 0 Å². The number of aromatic nitrogens is 3. The van der Waals surface area contributed by atoms with Crippen molar-refractivity contribution in [1.82, 2.24) is 15.1 Å². The number of pyridine rings is 1. The quantitative estimate of drug-likeness (QED) is 0.866. The molecule has 0 N–H and O–H groups in total. The van der Waals surface area contributed by atoms with Gasteiger partial charge in [-0.25, -0.2) is 4.98 Å². The van der Waals surface area contributed by atoms with Crippen LogP contribution in [0.25, 0.3) is 0 Å². The number of rotatable bonds is 3. The molecule has 22 heavy (non-hydrogen) atoms. The normalized spacial score (nSPS) is 19.1. The summed E-state index contributed by atoms with van der Waals surface area (Å²) in [6.45, 7) is 1.90. The molecule has 0 aromatic carbocycles. The van der Waals surface area contributed by atoms with Crippen LogP contribution in [-0.2, 0) is 0 Å². The summed E-state index contributed by atoms with van der Waals surface area (Å²) in [7, 11) is 0. The Morgan fingerprint density at radius 1 is 1.14 bits per heavy atom. The molecule has 4 rings (SSSR count). The third kappa shape index (κ3) is 2.54. The zero-order valence-electron chi connectivity index (χ0n) is 12.3. The lowest BCUT2D eigenvalue weighted by molar-refractivity contribution is 0.365. The van der Waals surface area contributed by atoms with Gasteiger partial charge in [-0.1, -0.05) is 5.16 Å². The van der Waals surface area contributed by atoms with Gasteiger partial charge in [0.05, 0.1) is 11.9 Å². The molecule has 0 spiro atoms. The summed E-state index contributed by atoms with van der Waals surface area (Å²) in [6.07, 6.45) is 6.18. The molecule has 6 heteroatoms. The summed E-state index contributed by atoms with van der Waals surface area (Å²) < 4.78 is 5.36. The van der Waals surface area contributed by atoms with Crippen molar-refractivity contribution in [3.8, 4) is 6.07 Å². The highest BCUT2D eigenvalue weighted by Gasteiger charge is 2.31. The van der Waals surface area contributed by atoms with E-state index < -0.39 is 0 Å². The highest BCUT2D eigenvalue weighted by molar-refractivity contribution is 5.46. The number of nitrogens with zero attached hydrogens (tertiary/aromatic N) is 5. The van der Waals surface area contributed by atoms with Crippen molar-refractivity contribution in [2.45, 2.75) is 37.5 Å². The minimum absolute atomic E-state index is 0.388. The Balaban J connectivity index is 1.39. The van der Waals surface area contributed by atoms with Gasteiger partial charge in [0.25, 0.3) is 0 Å². The lowest BCUT2D eigenvalue weighted by atomic mass is 9.96. The molecule has 2 aliphatic rings. The van der Waals surface area contributed by atoms with E-state index in [-0.39, 0.29) is 0 Å². The van der Waals surface area contributed by atoms with Crippen molar-refractivity contribution in [2.75, 3.05) is 18.0 Å². The summed E-state index contributed by atoms with van der Waals surface area (Å²) in [5.74, 6) is 2.61. The van der Waals surface area contributed by atoms with Gasteiger partial charge in [-0.15, -0.1) is 0 Å². The summed E-state index contributed by atoms with van der Waals surface area (Å²) >= 11 is 0. The molecule has 1 aliphatic carbocycles. The third-order valence-corrected chi connectivity index (χ3v) is 4.47. The van der Waals surface area contributed by atoms with Gasteiger partial charge >= 0.3 is 0 Å².